The molecule has 0 aromatic rings. The molecule has 3 N–H and O–H groups in total. The lowest BCUT2D eigenvalue weighted by Crippen LogP contribution is -2.28. The molecule has 9 heteroatoms. The van der Waals surface area contributed by atoms with Crippen molar-refractivity contribution in [3.63, 3.8) is 0 Å². The largest absolute Gasteiger partial charge is 0.472 e. The fraction of sp³-hybridized carbons (Fsp3) is 0.717. The third kappa shape index (κ3) is 42.9. The van der Waals surface area contributed by atoms with Crippen LogP contribution in [0.1, 0.15) is 174 Å². The Hall–Kier alpha value is -2.06. The van der Waals surface area contributed by atoms with Crippen molar-refractivity contribution in [1.82, 2.24) is 0 Å². The fourth-order valence-corrected chi connectivity index (χ4v) is 6.43. The summed E-state index contributed by atoms with van der Waals surface area (Å²) in [7, 11) is -4.29. The molecule has 0 bridgehead atoms. The lowest BCUT2D eigenvalue weighted by Gasteiger charge is -2.20. The summed E-state index contributed by atoms with van der Waals surface area (Å²) in [5.74, 6) is -0.351. The molecule has 0 aliphatic rings. The number of rotatable bonds is 41. The van der Waals surface area contributed by atoms with Crippen molar-refractivity contribution in [2.75, 3.05) is 33.0 Å². The minimum atomic E-state index is -4.29. The maximum atomic E-state index is 12.6. The summed E-state index contributed by atoms with van der Waals surface area (Å²) in [6.45, 7) is 4.72. The van der Waals surface area contributed by atoms with E-state index in [2.05, 4.69) is 86.8 Å². The van der Waals surface area contributed by atoms with E-state index < -0.39 is 13.9 Å². The van der Waals surface area contributed by atoms with Crippen LogP contribution in [0.3, 0.4) is 0 Å². The molecule has 0 heterocycles. The van der Waals surface area contributed by atoms with E-state index in [1.165, 1.54) is 57.8 Å². The molecule has 0 aliphatic carbocycles. The SMILES string of the molecule is CC/C=C\C/C=C\C/C=C\C/C=C\C/C=C\CCCCCCOCC(COP(=O)(O)OCCN)OC(=O)CCCCCCC/C=C\CCCCCCCCC. The van der Waals surface area contributed by atoms with Crippen LogP contribution >= 0.6 is 7.82 Å². The van der Waals surface area contributed by atoms with Crippen LogP contribution in [-0.2, 0) is 27.9 Å². The zero-order valence-electron chi connectivity index (χ0n) is 35.1. The highest BCUT2D eigenvalue weighted by molar-refractivity contribution is 7.47. The van der Waals surface area contributed by atoms with Crippen molar-refractivity contribution in [1.29, 1.82) is 0 Å². The number of allylic oxidation sites excluding steroid dienone is 12. The van der Waals surface area contributed by atoms with Gasteiger partial charge in [-0.25, -0.2) is 4.57 Å². The number of nitrogens with two attached hydrogens (primary N) is 1. The minimum absolute atomic E-state index is 0.0910. The third-order valence-electron chi connectivity index (χ3n) is 8.86. The number of phosphoric ester groups is 1. The van der Waals surface area contributed by atoms with Gasteiger partial charge in [0.1, 0.15) is 6.10 Å². The number of phosphoric acid groups is 1. The van der Waals surface area contributed by atoms with Crippen molar-refractivity contribution in [2.45, 2.75) is 180 Å². The summed E-state index contributed by atoms with van der Waals surface area (Å²) in [6, 6.07) is 0. The fourth-order valence-electron chi connectivity index (χ4n) is 5.66. The average molecular weight is 792 g/mol. The normalized spacial score (nSPS) is 14.2. The molecular weight excluding hydrogens is 709 g/mol. The predicted molar refractivity (Wildman–Crippen MR) is 233 cm³/mol. The zero-order chi connectivity index (χ0) is 40.2. The van der Waals surface area contributed by atoms with Gasteiger partial charge in [-0.15, -0.1) is 0 Å². The monoisotopic (exact) mass is 792 g/mol. The second kappa shape index (κ2) is 43.1. The highest BCUT2D eigenvalue weighted by atomic mass is 31.2. The molecule has 318 valence electrons. The molecule has 0 saturated carbocycles. The Balaban J connectivity index is 4.11. The molecule has 0 aromatic carbocycles. The van der Waals surface area contributed by atoms with Crippen LogP contribution in [0.25, 0.3) is 0 Å². The third-order valence-corrected chi connectivity index (χ3v) is 9.84. The van der Waals surface area contributed by atoms with Gasteiger partial charge >= 0.3 is 13.8 Å². The van der Waals surface area contributed by atoms with Crippen molar-refractivity contribution in [3.05, 3.63) is 72.9 Å². The quantitative estimate of drug-likeness (QED) is 0.0272. The summed E-state index contributed by atoms with van der Waals surface area (Å²) in [4.78, 5) is 22.5. The second-order valence-corrected chi connectivity index (χ2v) is 15.6. The second-order valence-electron chi connectivity index (χ2n) is 14.2. The Labute approximate surface area is 337 Å². The van der Waals surface area contributed by atoms with Gasteiger partial charge in [-0.2, -0.15) is 0 Å². The lowest BCUT2D eigenvalue weighted by molar-refractivity contribution is -0.154. The number of unbranched alkanes of at least 4 members (excludes halogenated alkanes) is 16. The molecule has 0 rings (SSSR count). The van der Waals surface area contributed by atoms with Crippen LogP contribution in [0.5, 0.6) is 0 Å². The molecule has 2 atom stereocenters. The number of carbonyl (C=O) groups excluding carboxylic acids is 1. The van der Waals surface area contributed by atoms with Crippen LogP contribution in [-0.4, -0.2) is 49.9 Å². The van der Waals surface area contributed by atoms with Gasteiger partial charge in [0, 0.05) is 19.6 Å². The molecular formula is C46H82NO7P. The van der Waals surface area contributed by atoms with Crippen LogP contribution in [0.15, 0.2) is 72.9 Å². The maximum Gasteiger partial charge on any atom is 0.472 e. The smallest absolute Gasteiger partial charge is 0.457 e. The first-order chi connectivity index (χ1) is 26.9. The van der Waals surface area contributed by atoms with E-state index in [4.69, 9.17) is 24.3 Å². The number of ether oxygens (including phenoxy) is 2. The molecule has 0 saturated heterocycles. The van der Waals surface area contributed by atoms with Crippen molar-refractivity contribution >= 4 is 13.8 Å². The van der Waals surface area contributed by atoms with Gasteiger partial charge in [-0.05, 0) is 83.5 Å². The van der Waals surface area contributed by atoms with Gasteiger partial charge in [0.25, 0.3) is 0 Å². The Kier molecular flexibility index (Phi) is 41.5. The van der Waals surface area contributed by atoms with E-state index in [0.717, 1.165) is 96.3 Å². The molecule has 0 fully saturated rings. The first-order valence-corrected chi connectivity index (χ1v) is 23.4. The molecule has 0 aliphatic heterocycles. The summed E-state index contributed by atoms with van der Waals surface area (Å²) < 4.78 is 33.4. The molecule has 0 radical (unpaired) electrons. The summed E-state index contributed by atoms with van der Waals surface area (Å²) >= 11 is 0. The standard InChI is InChI=1S/C46H82NO7P/c1-3-5-7-9-11-13-15-17-19-21-22-23-24-26-28-30-32-34-36-38-41-51-43-45(44-53-55(49,50)52-42-40-47)54-46(48)39-37-35-33-31-29-27-25-20-18-16-14-12-10-8-6-4-2/h5,7,11,13,17,19-20,22-23,25-26,28,45H,3-4,6,8-10,12,14-16,18,21,24,27,29-44,47H2,1-2H3,(H,49,50)/b7-5-,13-11-,19-17-,23-22-,25-20-,28-26-. The Bertz CT molecular complexity index is 1070. The van der Waals surface area contributed by atoms with E-state index >= 15 is 0 Å². The van der Waals surface area contributed by atoms with Gasteiger partial charge in [-0.3, -0.25) is 13.8 Å². The molecule has 0 amide bonds. The van der Waals surface area contributed by atoms with Crippen LogP contribution < -0.4 is 5.73 Å². The minimum Gasteiger partial charge on any atom is -0.457 e. The summed E-state index contributed by atoms with van der Waals surface area (Å²) in [5.41, 5.74) is 5.37. The van der Waals surface area contributed by atoms with Crippen LogP contribution in [0.2, 0.25) is 0 Å². The van der Waals surface area contributed by atoms with Crippen LogP contribution in [0.4, 0.5) is 0 Å². The van der Waals surface area contributed by atoms with Gasteiger partial charge < -0.3 is 20.1 Å². The Morgan fingerprint density at radius 2 is 1.02 bits per heavy atom. The zero-order valence-corrected chi connectivity index (χ0v) is 36.0. The van der Waals surface area contributed by atoms with Gasteiger partial charge in [0.15, 0.2) is 0 Å². The van der Waals surface area contributed by atoms with Gasteiger partial charge in [-0.1, -0.05) is 157 Å². The van der Waals surface area contributed by atoms with E-state index in [1.54, 1.807) is 0 Å². The Morgan fingerprint density at radius 1 is 0.564 bits per heavy atom. The van der Waals surface area contributed by atoms with Gasteiger partial charge in [0.2, 0.25) is 0 Å². The molecule has 55 heavy (non-hydrogen) atoms. The summed E-state index contributed by atoms with van der Waals surface area (Å²) in [5, 5.41) is 0. The van der Waals surface area contributed by atoms with Crippen LogP contribution in [0, 0.1) is 0 Å². The number of hydrogen-bond acceptors (Lipinski definition) is 7. The van der Waals surface area contributed by atoms with E-state index in [-0.39, 0.29) is 32.3 Å². The van der Waals surface area contributed by atoms with Gasteiger partial charge in [0.05, 0.1) is 19.8 Å². The number of carbonyl (C=O) groups is 1. The molecule has 2 unspecified atom stereocenters. The first-order valence-electron chi connectivity index (χ1n) is 21.9. The highest BCUT2D eigenvalue weighted by Gasteiger charge is 2.25. The number of esters is 1. The highest BCUT2D eigenvalue weighted by Crippen LogP contribution is 2.43. The lowest BCUT2D eigenvalue weighted by atomic mass is 10.1. The van der Waals surface area contributed by atoms with E-state index in [1.807, 2.05) is 0 Å². The molecule has 0 spiro atoms. The maximum absolute atomic E-state index is 12.6. The summed E-state index contributed by atoms with van der Waals surface area (Å²) in [6.07, 6.45) is 53.5. The van der Waals surface area contributed by atoms with Crippen molar-refractivity contribution in [2.24, 2.45) is 5.73 Å². The molecule has 0 aromatic heterocycles. The first kappa shape index (κ1) is 52.9. The van der Waals surface area contributed by atoms with Crippen molar-refractivity contribution < 1.29 is 32.8 Å². The molecule has 8 nitrogen and oxygen atoms in total. The van der Waals surface area contributed by atoms with Crippen molar-refractivity contribution in [3.8, 4) is 0 Å². The number of hydrogen-bond donors (Lipinski definition) is 2. The topological polar surface area (TPSA) is 117 Å². The Morgan fingerprint density at radius 3 is 1.55 bits per heavy atom. The average Bonchev–Trinajstić information content (AvgIpc) is 3.17. The predicted octanol–water partition coefficient (Wildman–Crippen LogP) is 13.1. The van der Waals surface area contributed by atoms with E-state index in [9.17, 15) is 14.3 Å². The van der Waals surface area contributed by atoms with E-state index in [0.29, 0.717) is 13.0 Å².